The molecule has 26 heavy (non-hydrogen) atoms. The largest absolute Gasteiger partial charge is 0.339 e. The molecule has 1 saturated heterocycles. The molecule has 1 fully saturated rings. The molecular weight excluding hydrogens is 328 g/mol. The number of aromatic nitrogens is 3. The standard InChI is InChI=1S/C20H20N4O2/c1-13(2)14-5-7-17(8-6-14)24-12-16(10-18(24)25)20-22-19(23-26-20)15-4-3-9-21-11-15/h3-9,11,13,16H,10,12H2,1-2H3/t16-/m0/s1. The van der Waals surface area contributed by atoms with Gasteiger partial charge in [0, 0.05) is 36.6 Å². The minimum Gasteiger partial charge on any atom is -0.339 e. The number of amides is 1. The minimum absolute atomic E-state index is 0.0772. The van der Waals surface area contributed by atoms with Crippen LogP contribution in [0, 0.1) is 0 Å². The van der Waals surface area contributed by atoms with Gasteiger partial charge < -0.3 is 9.42 Å². The Morgan fingerprint density at radius 2 is 2.00 bits per heavy atom. The van der Waals surface area contributed by atoms with Crippen molar-refractivity contribution in [3.8, 4) is 11.4 Å². The zero-order valence-corrected chi connectivity index (χ0v) is 14.8. The summed E-state index contributed by atoms with van der Waals surface area (Å²) in [5.74, 6) is 1.45. The summed E-state index contributed by atoms with van der Waals surface area (Å²) >= 11 is 0. The first-order chi connectivity index (χ1) is 12.6. The number of pyridine rings is 1. The lowest BCUT2D eigenvalue weighted by atomic mass is 10.0. The summed E-state index contributed by atoms with van der Waals surface area (Å²) < 4.78 is 5.42. The molecule has 3 aromatic rings. The first kappa shape index (κ1) is 16.4. The Bertz CT molecular complexity index is 903. The van der Waals surface area contributed by atoms with Crippen molar-refractivity contribution < 1.29 is 9.32 Å². The third-order valence-corrected chi connectivity index (χ3v) is 4.71. The Morgan fingerprint density at radius 1 is 1.19 bits per heavy atom. The number of benzene rings is 1. The van der Waals surface area contributed by atoms with E-state index in [9.17, 15) is 4.79 Å². The molecule has 0 bridgehead atoms. The summed E-state index contributed by atoms with van der Waals surface area (Å²) in [6, 6.07) is 11.9. The van der Waals surface area contributed by atoms with Crippen molar-refractivity contribution >= 4 is 11.6 Å². The van der Waals surface area contributed by atoms with E-state index >= 15 is 0 Å². The molecular formula is C20H20N4O2. The van der Waals surface area contributed by atoms with E-state index in [0.29, 0.717) is 30.6 Å². The molecule has 1 aromatic carbocycles. The number of rotatable bonds is 4. The molecule has 6 nitrogen and oxygen atoms in total. The molecule has 4 rings (SSSR count). The van der Waals surface area contributed by atoms with Crippen molar-refractivity contribution in [3.05, 3.63) is 60.2 Å². The van der Waals surface area contributed by atoms with Crippen molar-refractivity contribution in [1.82, 2.24) is 15.1 Å². The minimum atomic E-state index is -0.0924. The Morgan fingerprint density at radius 3 is 2.69 bits per heavy atom. The summed E-state index contributed by atoms with van der Waals surface area (Å²) in [5.41, 5.74) is 2.97. The van der Waals surface area contributed by atoms with Crippen molar-refractivity contribution in [2.45, 2.75) is 32.1 Å². The molecule has 1 aliphatic rings. The fraction of sp³-hybridized carbons (Fsp3) is 0.300. The van der Waals surface area contributed by atoms with Crippen LogP contribution in [0.25, 0.3) is 11.4 Å². The van der Waals surface area contributed by atoms with Gasteiger partial charge in [0.05, 0.1) is 5.92 Å². The van der Waals surface area contributed by atoms with E-state index in [2.05, 4.69) is 41.1 Å². The van der Waals surface area contributed by atoms with Gasteiger partial charge in [-0.3, -0.25) is 9.78 Å². The maximum Gasteiger partial charge on any atom is 0.232 e. The molecule has 0 spiro atoms. The summed E-state index contributed by atoms with van der Waals surface area (Å²) in [6.07, 6.45) is 3.76. The van der Waals surface area contributed by atoms with Crippen LogP contribution in [0.5, 0.6) is 0 Å². The molecule has 0 aliphatic carbocycles. The van der Waals surface area contributed by atoms with Gasteiger partial charge in [-0.15, -0.1) is 0 Å². The first-order valence-corrected chi connectivity index (χ1v) is 8.76. The van der Waals surface area contributed by atoms with Gasteiger partial charge in [0.1, 0.15) is 0 Å². The van der Waals surface area contributed by atoms with Gasteiger partial charge in [-0.2, -0.15) is 4.98 Å². The van der Waals surface area contributed by atoms with Crippen LogP contribution in [0.2, 0.25) is 0 Å². The fourth-order valence-electron chi connectivity index (χ4n) is 3.18. The summed E-state index contributed by atoms with van der Waals surface area (Å²) in [7, 11) is 0. The Kier molecular flexibility index (Phi) is 4.24. The van der Waals surface area contributed by atoms with Gasteiger partial charge in [0.15, 0.2) is 0 Å². The Labute approximate surface area is 151 Å². The monoisotopic (exact) mass is 348 g/mol. The summed E-state index contributed by atoms with van der Waals surface area (Å²) in [6.45, 7) is 4.86. The van der Waals surface area contributed by atoms with Crippen LogP contribution >= 0.6 is 0 Å². The van der Waals surface area contributed by atoms with Crippen LogP contribution in [0.15, 0.2) is 53.3 Å². The quantitative estimate of drug-likeness (QED) is 0.717. The fourth-order valence-corrected chi connectivity index (χ4v) is 3.18. The van der Waals surface area contributed by atoms with Crippen LogP contribution in [-0.2, 0) is 4.79 Å². The second kappa shape index (κ2) is 6.71. The summed E-state index contributed by atoms with van der Waals surface area (Å²) in [5, 5.41) is 4.03. The molecule has 6 heteroatoms. The van der Waals surface area contributed by atoms with E-state index in [-0.39, 0.29) is 11.8 Å². The number of anilines is 1. The van der Waals surface area contributed by atoms with E-state index < -0.39 is 0 Å². The third kappa shape index (κ3) is 3.10. The maximum atomic E-state index is 12.5. The highest BCUT2D eigenvalue weighted by atomic mass is 16.5. The second-order valence-electron chi connectivity index (χ2n) is 6.85. The highest BCUT2D eigenvalue weighted by Gasteiger charge is 2.35. The van der Waals surface area contributed by atoms with Crippen LogP contribution in [-0.4, -0.2) is 27.6 Å². The smallest absolute Gasteiger partial charge is 0.232 e. The van der Waals surface area contributed by atoms with Crippen molar-refractivity contribution in [2.24, 2.45) is 0 Å². The number of hydrogen-bond donors (Lipinski definition) is 0. The topological polar surface area (TPSA) is 72.1 Å². The third-order valence-electron chi connectivity index (χ3n) is 4.71. The zero-order valence-electron chi connectivity index (χ0n) is 14.8. The number of hydrogen-bond acceptors (Lipinski definition) is 5. The van der Waals surface area contributed by atoms with Gasteiger partial charge in [-0.25, -0.2) is 0 Å². The van der Waals surface area contributed by atoms with Crippen LogP contribution in [0.3, 0.4) is 0 Å². The molecule has 0 saturated carbocycles. The van der Waals surface area contributed by atoms with Gasteiger partial charge in [-0.05, 0) is 35.7 Å². The molecule has 0 radical (unpaired) electrons. The van der Waals surface area contributed by atoms with Gasteiger partial charge in [0.2, 0.25) is 17.6 Å². The van der Waals surface area contributed by atoms with Gasteiger partial charge >= 0.3 is 0 Å². The van der Waals surface area contributed by atoms with Crippen molar-refractivity contribution in [2.75, 3.05) is 11.4 Å². The van der Waals surface area contributed by atoms with Crippen LogP contribution in [0.4, 0.5) is 5.69 Å². The van der Waals surface area contributed by atoms with Crippen molar-refractivity contribution in [3.63, 3.8) is 0 Å². The highest BCUT2D eigenvalue weighted by Crippen LogP contribution is 2.32. The number of nitrogens with zero attached hydrogens (tertiary/aromatic N) is 4. The second-order valence-corrected chi connectivity index (χ2v) is 6.85. The molecule has 1 atom stereocenters. The number of carbonyl (C=O) groups is 1. The van der Waals surface area contributed by atoms with E-state index in [4.69, 9.17) is 4.52 Å². The Hall–Kier alpha value is -3.02. The van der Waals surface area contributed by atoms with Crippen LogP contribution < -0.4 is 4.90 Å². The van der Waals surface area contributed by atoms with E-state index in [1.165, 1.54) is 5.56 Å². The molecule has 3 heterocycles. The SMILES string of the molecule is CC(C)c1ccc(N2C[C@@H](c3nc(-c4cccnc4)no3)CC2=O)cc1. The Balaban J connectivity index is 1.52. The molecule has 0 N–H and O–H groups in total. The average molecular weight is 348 g/mol. The average Bonchev–Trinajstić information content (AvgIpc) is 3.29. The van der Waals surface area contributed by atoms with Gasteiger partial charge in [0.25, 0.3) is 0 Å². The van der Waals surface area contributed by atoms with E-state index in [0.717, 1.165) is 11.3 Å². The molecule has 1 aliphatic heterocycles. The molecule has 1 amide bonds. The zero-order chi connectivity index (χ0) is 18.1. The normalized spacial score (nSPS) is 17.3. The number of carbonyl (C=O) groups excluding carboxylic acids is 1. The molecule has 0 unspecified atom stereocenters. The predicted octanol–water partition coefficient (Wildman–Crippen LogP) is 3.78. The van der Waals surface area contributed by atoms with E-state index in [1.807, 2.05) is 24.3 Å². The molecule has 132 valence electrons. The highest BCUT2D eigenvalue weighted by molar-refractivity contribution is 5.96. The van der Waals surface area contributed by atoms with E-state index in [1.54, 1.807) is 17.3 Å². The maximum absolute atomic E-state index is 12.5. The summed E-state index contributed by atoms with van der Waals surface area (Å²) in [4.78, 5) is 22.8. The van der Waals surface area contributed by atoms with Crippen molar-refractivity contribution in [1.29, 1.82) is 0 Å². The van der Waals surface area contributed by atoms with Gasteiger partial charge in [-0.1, -0.05) is 31.1 Å². The lowest BCUT2D eigenvalue weighted by Gasteiger charge is -2.17. The predicted molar refractivity (Wildman–Crippen MR) is 97.8 cm³/mol. The lowest BCUT2D eigenvalue weighted by molar-refractivity contribution is -0.117. The molecule has 2 aromatic heterocycles. The van der Waals surface area contributed by atoms with Crippen LogP contribution in [0.1, 0.15) is 43.6 Å². The lowest BCUT2D eigenvalue weighted by Crippen LogP contribution is -2.24. The first-order valence-electron chi connectivity index (χ1n) is 8.76.